The third-order valence-corrected chi connectivity index (χ3v) is 3.73. The van der Waals surface area contributed by atoms with E-state index in [4.69, 9.17) is 10.5 Å². The molecule has 1 atom stereocenters. The average molecular weight is 247 g/mol. The molecule has 1 aliphatic heterocycles. The van der Waals surface area contributed by atoms with Crippen molar-refractivity contribution in [1.82, 2.24) is 9.59 Å². The SMILES string of the molecule is NC(c1cnns1)c1cccc2c1OCCC2. The Hall–Kier alpha value is -1.46. The molecule has 0 spiro atoms. The monoisotopic (exact) mass is 247 g/mol. The van der Waals surface area contributed by atoms with Crippen LogP contribution in [0, 0.1) is 0 Å². The zero-order chi connectivity index (χ0) is 11.7. The first-order valence-corrected chi connectivity index (χ1v) is 6.41. The van der Waals surface area contributed by atoms with Gasteiger partial charge in [0.1, 0.15) is 5.75 Å². The van der Waals surface area contributed by atoms with Gasteiger partial charge in [-0.1, -0.05) is 22.7 Å². The number of aromatic nitrogens is 2. The Kier molecular flexibility index (Phi) is 2.78. The van der Waals surface area contributed by atoms with Crippen LogP contribution in [0.25, 0.3) is 0 Å². The highest BCUT2D eigenvalue weighted by molar-refractivity contribution is 7.05. The van der Waals surface area contributed by atoms with Crippen molar-refractivity contribution in [3.8, 4) is 5.75 Å². The van der Waals surface area contributed by atoms with Crippen molar-refractivity contribution in [1.29, 1.82) is 0 Å². The molecular weight excluding hydrogens is 234 g/mol. The molecule has 3 rings (SSSR count). The van der Waals surface area contributed by atoms with Crippen LogP contribution in [0.3, 0.4) is 0 Å². The van der Waals surface area contributed by atoms with E-state index in [-0.39, 0.29) is 6.04 Å². The third kappa shape index (κ3) is 1.92. The highest BCUT2D eigenvalue weighted by Crippen LogP contribution is 2.34. The van der Waals surface area contributed by atoms with E-state index in [0.29, 0.717) is 0 Å². The molecule has 1 unspecified atom stereocenters. The highest BCUT2D eigenvalue weighted by atomic mass is 32.1. The van der Waals surface area contributed by atoms with Crippen molar-refractivity contribution in [3.63, 3.8) is 0 Å². The van der Waals surface area contributed by atoms with Crippen LogP contribution in [0.1, 0.15) is 28.5 Å². The van der Waals surface area contributed by atoms with E-state index in [2.05, 4.69) is 15.7 Å². The minimum atomic E-state index is -0.192. The summed E-state index contributed by atoms with van der Waals surface area (Å²) in [7, 11) is 0. The Morgan fingerprint density at radius 3 is 3.18 bits per heavy atom. The van der Waals surface area contributed by atoms with Crippen molar-refractivity contribution in [2.75, 3.05) is 6.61 Å². The molecule has 1 aromatic heterocycles. The molecule has 0 radical (unpaired) electrons. The van der Waals surface area contributed by atoms with E-state index in [9.17, 15) is 0 Å². The first-order valence-electron chi connectivity index (χ1n) is 5.63. The van der Waals surface area contributed by atoms with E-state index in [1.807, 2.05) is 12.1 Å². The lowest BCUT2D eigenvalue weighted by molar-refractivity contribution is 0.284. The molecule has 0 saturated carbocycles. The summed E-state index contributed by atoms with van der Waals surface area (Å²) in [5.74, 6) is 0.958. The van der Waals surface area contributed by atoms with Crippen molar-refractivity contribution < 1.29 is 4.74 Å². The standard InChI is InChI=1S/C12H13N3OS/c13-11(10-7-14-15-17-10)9-5-1-3-8-4-2-6-16-12(8)9/h1,3,5,7,11H,2,4,6,13H2. The molecule has 0 fully saturated rings. The van der Waals surface area contributed by atoms with Crippen molar-refractivity contribution in [3.05, 3.63) is 40.4 Å². The highest BCUT2D eigenvalue weighted by Gasteiger charge is 2.20. The van der Waals surface area contributed by atoms with Crippen LogP contribution in [-0.4, -0.2) is 16.2 Å². The summed E-state index contributed by atoms with van der Waals surface area (Å²) in [6, 6.07) is 5.98. The zero-order valence-corrected chi connectivity index (χ0v) is 10.1. The van der Waals surface area contributed by atoms with Crippen molar-refractivity contribution in [2.24, 2.45) is 5.73 Å². The molecule has 1 aromatic carbocycles. The first kappa shape index (κ1) is 10.7. The number of hydrogen-bond acceptors (Lipinski definition) is 5. The van der Waals surface area contributed by atoms with E-state index in [1.165, 1.54) is 17.1 Å². The maximum absolute atomic E-state index is 6.24. The molecule has 0 saturated heterocycles. The lowest BCUT2D eigenvalue weighted by atomic mass is 9.98. The molecule has 0 amide bonds. The second kappa shape index (κ2) is 4.43. The number of nitrogens with two attached hydrogens (primary N) is 1. The molecule has 2 N–H and O–H groups in total. The second-order valence-electron chi connectivity index (χ2n) is 4.09. The summed E-state index contributed by atoms with van der Waals surface area (Å²) < 4.78 is 9.61. The minimum Gasteiger partial charge on any atom is -0.493 e. The summed E-state index contributed by atoms with van der Waals surface area (Å²) in [5, 5.41) is 3.83. The van der Waals surface area contributed by atoms with E-state index in [1.54, 1.807) is 6.20 Å². The Morgan fingerprint density at radius 2 is 2.35 bits per heavy atom. The maximum atomic E-state index is 6.24. The summed E-state index contributed by atoms with van der Waals surface area (Å²) in [4.78, 5) is 0.965. The summed E-state index contributed by atoms with van der Waals surface area (Å²) >= 11 is 1.33. The van der Waals surface area contributed by atoms with Gasteiger partial charge in [-0.05, 0) is 29.9 Å². The molecule has 1 aliphatic rings. The number of nitrogens with zero attached hydrogens (tertiary/aromatic N) is 2. The fraction of sp³-hybridized carbons (Fsp3) is 0.333. The van der Waals surface area contributed by atoms with Gasteiger partial charge in [-0.15, -0.1) is 5.10 Å². The molecule has 88 valence electrons. The van der Waals surface area contributed by atoms with Gasteiger partial charge in [-0.25, -0.2) is 0 Å². The van der Waals surface area contributed by atoms with Gasteiger partial charge < -0.3 is 10.5 Å². The summed E-state index contributed by atoms with van der Waals surface area (Å²) in [6.45, 7) is 0.775. The Morgan fingerprint density at radius 1 is 1.41 bits per heavy atom. The molecule has 17 heavy (non-hydrogen) atoms. The van der Waals surface area contributed by atoms with Gasteiger partial charge in [0, 0.05) is 5.56 Å². The molecule has 0 bridgehead atoms. The number of aryl methyl sites for hydroxylation is 1. The van der Waals surface area contributed by atoms with Gasteiger partial charge in [-0.3, -0.25) is 0 Å². The van der Waals surface area contributed by atoms with Crippen LogP contribution in [0.15, 0.2) is 24.4 Å². The van der Waals surface area contributed by atoms with Crippen LogP contribution < -0.4 is 10.5 Å². The largest absolute Gasteiger partial charge is 0.493 e. The lowest BCUT2D eigenvalue weighted by Crippen LogP contribution is -2.16. The van der Waals surface area contributed by atoms with E-state index >= 15 is 0 Å². The lowest BCUT2D eigenvalue weighted by Gasteiger charge is -2.22. The number of ether oxygens (including phenoxy) is 1. The number of hydrogen-bond donors (Lipinski definition) is 1. The van der Waals surface area contributed by atoms with Crippen molar-refractivity contribution >= 4 is 11.5 Å². The van der Waals surface area contributed by atoms with E-state index < -0.39 is 0 Å². The quantitative estimate of drug-likeness (QED) is 0.880. The zero-order valence-electron chi connectivity index (χ0n) is 9.30. The van der Waals surface area contributed by atoms with Crippen LogP contribution in [-0.2, 0) is 6.42 Å². The number of para-hydroxylation sites is 1. The fourth-order valence-corrected chi connectivity index (χ4v) is 2.65. The number of rotatable bonds is 2. The van der Waals surface area contributed by atoms with Gasteiger partial charge in [0.05, 0.1) is 23.7 Å². The second-order valence-corrected chi connectivity index (χ2v) is 4.90. The average Bonchev–Trinajstić information content (AvgIpc) is 2.91. The topological polar surface area (TPSA) is 61.0 Å². The van der Waals surface area contributed by atoms with Crippen LogP contribution >= 0.6 is 11.5 Å². The maximum Gasteiger partial charge on any atom is 0.127 e. The number of benzene rings is 1. The Labute approximate surface area is 104 Å². The summed E-state index contributed by atoms with van der Waals surface area (Å²) in [5.41, 5.74) is 8.52. The van der Waals surface area contributed by atoms with Crippen LogP contribution in [0.4, 0.5) is 0 Å². The normalized spacial score (nSPS) is 16.1. The molecule has 2 aromatic rings. The third-order valence-electron chi connectivity index (χ3n) is 2.98. The summed E-state index contributed by atoms with van der Waals surface area (Å²) in [6.07, 6.45) is 3.86. The van der Waals surface area contributed by atoms with Crippen molar-refractivity contribution in [2.45, 2.75) is 18.9 Å². The van der Waals surface area contributed by atoms with Gasteiger partial charge in [0.15, 0.2) is 0 Å². The predicted octanol–water partition coefficient (Wildman–Crippen LogP) is 1.91. The minimum absolute atomic E-state index is 0.192. The fourth-order valence-electron chi connectivity index (χ4n) is 2.12. The molecule has 5 heteroatoms. The predicted molar refractivity (Wildman–Crippen MR) is 66.2 cm³/mol. The smallest absolute Gasteiger partial charge is 0.127 e. The molecule has 4 nitrogen and oxygen atoms in total. The van der Waals surface area contributed by atoms with E-state index in [0.717, 1.165) is 35.6 Å². The van der Waals surface area contributed by atoms with Gasteiger partial charge in [0.2, 0.25) is 0 Å². The van der Waals surface area contributed by atoms with Gasteiger partial charge in [-0.2, -0.15) is 0 Å². The van der Waals surface area contributed by atoms with Crippen LogP contribution in [0.2, 0.25) is 0 Å². The van der Waals surface area contributed by atoms with Crippen LogP contribution in [0.5, 0.6) is 5.75 Å². The first-order chi connectivity index (χ1) is 8.36. The van der Waals surface area contributed by atoms with Gasteiger partial charge in [0.25, 0.3) is 0 Å². The van der Waals surface area contributed by atoms with Gasteiger partial charge >= 0.3 is 0 Å². The number of fused-ring (bicyclic) bond motifs is 1. The Balaban J connectivity index is 2.03. The molecule has 0 aliphatic carbocycles. The molecular formula is C12H13N3OS. The Bertz CT molecular complexity index is 512. The molecule has 2 heterocycles.